The van der Waals surface area contributed by atoms with Gasteiger partial charge in [0.15, 0.2) is 4.32 Å². The van der Waals surface area contributed by atoms with Gasteiger partial charge < -0.3 is 4.90 Å². The number of allylic oxidation sites excluding steroid dienone is 1. The average Bonchev–Trinajstić information content (AvgIpc) is 3.37. The third-order valence-electron chi connectivity index (χ3n) is 5.02. The van der Waals surface area contributed by atoms with E-state index < -0.39 is 0 Å². The fourth-order valence-corrected chi connectivity index (χ4v) is 7.00. The molecule has 11 heteroatoms. The number of aromatic nitrogens is 1. The van der Waals surface area contributed by atoms with Crippen molar-refractivity contribution in [3.05, 3.63) is 53.9 Å². The van der Waals surface area contributed by atoms with Crippen molar-refractivity contribution in [2.75, 3.05) is 11.4 Å². The molecule has 0 bridgehead atoms. The van der Waals surface area contributed by atoms with Crippen molar-refractivity contribution < 1.29 is 4.79 Å². The van der Waals surface area contributed by atoms with Gasteiger partial charge in [0.25, 0.3) is 11.5 Å². The van der Waals surface area contributed by atoms with Crippen LogP contribution in [0.25, 0.3) is 11.0 Å². The Morgan fingerprint density at radius 3 is 2.62 bits per heavy atom. The van der Waals surface area contributed by atoms with Gasteiger partial charge in [-0.25, -0.2) is 10.9 Å². The number of carbonyl (C=O) groups is 1. The number of benzene rings is 1. The number of unbranched alkanes of at least 4 members (excludes halogenated alkanes) is 1. The van der Waals surface area contributed by atoms with Crippen molar-refractivity contribution in [2.24, 2.45) is 5.84 Å². The first kappa shape index (κ1) is 23.6. The predicted octanol–water partition coefficient (Wildman–Crippen LogP) is 3.46. The molecule has 0 spiro atoms. The molecule has 1 aromatic carbocycles. The van der Waals surface area contributed by atoms with Crippen LogP contribution >= 0.6 is 58.7 Å². The summed E-state index contributed by atoms with van der Waals surface area (Å²) in [5.41, 5.74) is 0.959. The Kier molecular flexibility index (Phi) is 7.18. The highest BCUT2D eigenvalue weighted by Crippen LogP contribution is 2.46. The van der Waals surface area contributed by atoms with Gasteiger partial charge in [-0.05, 0) is 55.5 Å². The normalized spacial score (nSPS) is 19.6. The van der Waals surface area contributed by atoms with Crippen LogP contribution < -0.4 is 25.5 Å². The number of thioether (sulfide) groups is 2. The zero-order valence-electron chi connectivity index (χ0n) is 17.5. The molecule has 3 heterocycles. The number of fused-ring (bicyclic) bond motifs is 1. The molecule has 1 amide bonds. The van der Waals surface area contributed by atoms with Gasteiger partial charge in [-0.3, -0.25) is 14.2 Å². The summed E-state index contributed by atoms with van der Waals surface area (Å²) >= 11 is 15.4. The maximum atomic E-state index is 13.2. The number of halogens is 1. The van der Waals surface area contributed by atoms with Gasteiger partial charge in [-0.1, -0.05) is 48.9 Å². The quantitative estimate of drug-likeness (QED) is 0.365. The zero-order chi connectivity index (χ0) is 23.0. The molecule has 0 aliphatic carbocycles. The smallest absolute Gasteiger partial charge is 0.283 e. The molecule has 32 heavy (non-hydrogen) atoms. The van der Waals surface area contributed by atoms with Crippen molar-refractivity contribution in [3.63, 3.8) is 0 Å². The zero-order valence-corrected chi connectivity index (χ0v) is 21.5. The Labute approximate surface area is 208 Å². The standard InChI is InChI=1S/C21H21ClN4O2S4/c1-3-5-10-25-18(27)15(31-20(25)17-19(28)26(23)21(29)32-17)8-9-16-24(4-2)13-11-12(22)6-7-14(13)30-16/h6-9,11H,3-5,10,23H2,1-2H3. The van der Waals surface area contributed by atoms with Crippen molar-refractivity contribution in [1.82, 2.24) is 9.58 Å². The number of rotatable bonds is 5. The van der Waals surface area contributed by atoms with Gasteiger partial charge >= 0.3 is 0 Å². The summed E-state index contributed by atoms with van der Waals surface area (Å²) in [6.07, 6.45) is 5.56. The number of hydrazine groups is 1. The van der Waals surface area contributed by atoms with E-state index in [4.69, 9.17) is 29.7 Å². The molecule has 1 saturated heterocycles. The Balaban J connectivity index is 1.82. The highest BCUT2D eigenvalue weighted by atomic mass is 35.5. The molecule has 0 unspecified atom stereocenters. The first-order valence-corrected chi connectivity index (χ1v) is 13.3. The lowest BCUT2D eigenvalue weighted by molar-refractivity contribution is -0.120. The number of carbonyl (C=O) groups excluding carboxylic acids is 1. The molecule has 2 N–H and O–H groups in total. The van der Waals surface area contributed by atoms with Crippen LogP contribution in [0.5, 0.6) is 0 Å². The first-order chi connectivity index (χ1) is 15.3. The van der Waals surface area contributed by atoms with Crippen LogP contribution in [-0.2, 0) is 11.3 Å². The first-order valence-electron chi connectivity index (χ1n) is 10.1. The van der Waals surface area contributed by atoms with Gasteiger partial charge in [0.05, 0.1) is 15.2 Å². The molecule has 2 aliphatic heterocycles. The predicted molar refractivity (Wildman–Crippen MR) is 140 cm³/mol. The van der Waals surface area contributed by atoms with E-state index in [-0.39, 0.29) is 15.8 Å². The second kappa shape index (κ2) is 9.74. The largest absolute Gasteiger partial charge is 0.335 e. The van der Waals surface area contributed by atoms with Crippen molar-refractivity contribution in [3.8, 4) is 0 Å². The summed E-state index contributed by atoms with van der Waals surface area (Å²) in [6.45, 7) is 5.46. The summed E-state index contributed by atoms with van der Waals surface area (Å²) in [4.78, 5) is 29.5. The fourth-order valence-electron chi connectivity index (χ4n) is 3.40. The Morgan fingerprint density at radius 2 is 1.97 bits per heavy atom. The van der Waals surface area contributed by atoms with Crippen LogP contribution in [0.1, 0.15) is 26.7 Å². The molecule has 2 aliphatic rings. The fraction of sp³-hybridized carbons (Fsp3) is 0.286. The van der Waals surface area contributed by atoms with Gasteiger partial charge in [-0.2, -0.15) is 0 Å². The highest BCUT2D eigenvalue weighted by molar-refractivity contribution is 8.30. The number of hydrogen-bond donors (Lipinski definition) is 1. The van der Waals surface area contributed by atoms with Crippen molar-refractivity contribution >= 4 is 85.6 Å². The number of amides is 1. The minimum atomic E-state index is -0.368. The summed E-state index contributed by atoms with van der Waals surface area (Å²) in [6, 6.07) is 5.84. The number of hydrogen-bond acceptors (Lipinski definition) is 8. The molecule has 0 radical (unpaired) electrons. The van der Waals surface area contributed by atoms with Crippen molar-refractivity contribution in [2.45, 2.75) is 38.1 Å². The third-order valence-corrected chi connectivity index (χ3v) is 9.06. The monoisotopic (exact) mass is 524 g/mol. The van der Waals surface area contributed by atoms with Crippen LogP contribution in [0.4, 0.5) is 5.69 Å². The SMILES string of the molecule is CCCCn1c(=C2SC(=S)N(N)C2=O)sc(=CC=C2Sc3ccc(Cl)cc3N2CC)c1=O. The van der Waals surface area contributed by atoms with Crippen molar-refractivity contribution in [1.29, 1.82) is 0 Å². The Hall–Kier alpha value is -1.56. The summed E-state index contributed by atoms with van der Waals surface area (Å²) in [7, 11) is 0. The molecule has 6 nitrogen and oxygen atoms in total. The van der Waals surface area contributed by atoms with Crippen LogP contribution in [0.2, 0.25) is 5.02 Å². The molecular weight excluding hydrogens is 504 g/mol. The van der Waals surface area contributed by atoms with Crippen LogP contribution in [0, 0.1) is 0 Å². The molecule has 1 fully saturated rings. The maximum Gasteiger partial charge on any atom is 0.283 e. The van der Waals surface area contributed by atoms with Gasteiger partial charge in [-0.15, -0.1) is 11.3 Å². The molecule has 168 valence electrons. The van der Waals surface area contributed by atoms with E-state index in [1.807, 2.05) is 30.4 Å². The number of nitrogens with zero attached hydrogens (tertiary/aromatic N) is 3. The van der Waals surface area contributed by atoms with Gasteiger partial charge in [0.1, 0.15) is 9.57 Å². The highest BCUT2D eigenvalue weighted by Gasteiger charge is 2.32. The van der Waals surface area contributed by atoms with E-state index >= 15 is 0 Å². The van der Waals surface area contributed by atoms with E-state index in [1.165, 1.54) is 11.3 Å². The van der Waals surface area contributed by atoms with Crippen LogP contribution in [-0.4, -0.2) is 26.3 Å². The van der Waals surface area contributed by atoms with E-state index in [0.29, 0.717) is 25.7 Å². The summed E-state index contributed by atoms with van der Waals surface area (Å²) in [5.74, 6) is 5.38. The molecule has 0 atom stereocenters. The van der Waals surface area contributed by atoms with E-state index in [1.54, 1.807) is 16.3 Å². The number of nitrogens with two attached hydrogens (primary N) is 1. The Morgan fingerprint density at radius 1 is 1.19 bits per heavy atom. The number of thiazole rings is 1. The second-order valence-corrected chi connectivity index (χ2v) is 11.3. The summed E-state index contributed by atoms with van der Waals surface area (Å²) < 4.78 is 3.14. The summed E-state index contributed by atoms with van der Waals surface area (Å²) in [5, 5.41) is 2.68. The molecule has 4 rings (SSSR count). The Bertz CT molecular complexity index is 1310. The van der Waals surface area contributed by atoms with E-state index in [2.05, 4.69) is 18.7 Å². The lowest BCUT2D eigenvalue weighted by Gasteiger charge is -2.17. The topological polar surface area (TPSA) is 71.6 Å². The molecular formula is C21H21ClN4O2S4. The van der Waals surface area contributed by atoms with E-state index in [0.717, 1.165) is 51.8 Å². The van der Waals surface area contributed by atoms with E-state index in [9.17, 15) is 9.59 Å². The molecule has 2 aromatic rings. The lowest BCUT2D eigenvalue weighted by atomic mass is 10.3. The lowest BCUT2D eigenvalue weighted by Crippen LogP contribution is -2.36. The maximum absolute atomic E-state index is 13.2. The third kappa shape index (κ3) is 4.32. The second-order valence-electron chi connectivity index (χ2n) is 7.08. The van der Waals surface area contributed by atoms with Gasteiger partial charge in [0.2, 0.25) is 0 Å². The minimum Gasteiger partial charge on any atom is -0.335 e. The van der Waals surface area contributed by atoms with Crippen LogP contribution in [0.3, 0.4) is 0 Å². The van der Waals surface area contributed by atoms with Crippen LogP contribution in [0.15, 0.2) is 39.0 Å². The minimum absolute atomic E-state index is 0.107. The number of thiocarbonyl (C=S) groups is 1. The molecule has 1 aromatic heterocycles. The molecule has 0 saturated carbocycles. The average molecular weight is 525 g/mol. The number of anilines is 1. The van der Waals surface area contributed by atoms with Gasteiger partial charge in [0, 0.05) is 23.0 Å².